The first-order chi connectivity index (χ1) is 9.19. The summed E-state index contributed by atoms with van der Waals surface area (Å²) in [6, 6.07) is 8.02. The number of hydrogen-bond acceptors (Lipinski definition) is 3. The molecule has 0 radical (unpaired) electrons. The van der Waals surface area contributed by atoms with E-state index >= 15 is 0 Å². The quantitative estimate of drug-likeness (QED) is 0.835. The van der Waals surface area contributed by atoms with E-state index in [2.05, 4.69) is 5.32 Å². The van der Waals surface area contributed by atoms with Crippen LogP contribution < -0.4 is 5.32 Å². The van der Waals surface area contributed by atoms with E-state index in [-0.39, 0.29) is 18.5 Å². The maximum absolute atomic E-state index is 12.0. The Morgan fingerprint density at radius 2 is 2.00 bits per heavy atom. The number of carbonyl (C=O) groups excluding carboxylic acids is 1. The van der Waals surface area contributed by atoms with E-state index in [0.29, 0.717) is 6.54 Å². The van der Waals surface area contributed by atoms with Crippen LogP contribution in [-0.4, -0.2) is 41.7 Å². The van der Waals surface area contributed by atoms with Crippen LogP contribution in [0.15, 0.2) is 24.3 Å². The highest BCUT2D eigenvalue weighted by Gasteiger charge is 2.18. The van der Waals surface area contributed by atoms with Crippen molar-refractivity contribution in [3.05, 3.63) is 35.4 Å². The first-order valence-corrected chi connectivity index (χ1v) is 6.95. The third-order valence-corrected chi connectivity index (χ3v) is 3.10. The monoisotopic (exact) mass is 278 g/mol. The van der Waals surface area contributed by atoms with Crippen LogP contribution >= 0.6 is 0 Å². The van der Waals surface area contributed by atoms with Crippen molar-refractivity contribution < 1.29 is 9.90 Å². The van der Waals surface area contributed by atoms with E-state index in [1.807, 2.05) is 50.1 Å². The Morgan fingerprint density at radius 1 is 1.40 bits per heavy atom. The van der Waals surface area contributed by atoms with E-state index < -0.39 is 5.60 Å². The molecule has 1 amide bonds. The van der Waals surface area contributed by atoms with E-state index in [1.165, 1.54) is 5.56 Å². The van der Waals surface area contributed by atoms with Crippen molar-refractivity contribution in [2.24, 2.45) is 0 Å². The van der Waals surface area contributed by atoms with Crippen molar-refractivity contribution in [3.63, 3.8) is 0 Å². The number of amides is 1. The van der Waals surface area contributed by atoms with Gasteiger partial charge in [-0.3, -0.25) is 9.69 Å². The molecule has 1 atom stereocenters. The Bertz CT molecular complexity index is 452. The predicted molar refractivity (Wildman–Crippen MR) is 81.5 cm³/mol. The number of likely N-dealkylation sites (N-methyl/N-ethyl adjacent to an activating group) is 1. The van der Waals surface area contributed by atoms with Crippen molar-refractivity contribution in [1.29, 1.82) is 0 Å². The lowest BCUT2D eigenvalue weighted by Crippen LogP contribution is -2.42. The Kier molecular flexibility index (Phi) is 5.72. The number of aryl methyl sites for hydroxylation is 1. The molecule has 0 heterocycles. The van der Waals surface area contributed by atoms with Gasteiger partial charge in [0.15, 0.2) is 0 Å². The first kappa shape index (κ1) is 16.7. The zero-order valence-electron chi connectivity index (χ0n) is 13.1. The summed E-state index contributed by atoms with van der Waals surface area (Å²) >= 11 is 0. The number of nitrogens with zero attached hydrogens (tertiary/aromatic N) is 1. The van der Waals surface area contributed by atoms with Gasteiger partial charge in [0.2, 0.25) is 5.91 Å². The van der Waals surface area contributed by atoms with Gasteiger partial charge in [0.25, 0.3) is 0 Å². The third-order valence-electron chi connectivity index (χ3n) is 3.10. The lowest BCUT2D eigenvalue weighted by Gasteiger charge is -2.25. The van der Waals surface area contributed by atoms with Crippen molar-refractivity contribution in [2.45, 2.75) is 39.3 Å². The Labute approximate surface area is 121 Å². The third kappa shape index (κ3) is 5.72. The zero-order valence-corrected chi connectivity index (χ0v) is 13.1. The van der Waals surface area contributed by atoms with Crippen LogP contribution in [0.1, 0.15) is 37.9 Å². The van der Waals surface area contributed by atoms with Gasteiger partial charge in [-0.1, -0.05) is 24.3 Å². The van der Waals surface area contributed by atoms with Gasteiger partial charge in [-0.15, -0.1) is 0 Å². The molecule has 4 nitrogen and oxygen atoms in total. The first-order valence-electron chi connectivity index (χ1n) is 6.95. The molecule has 4 heteroatoms. The minimum atomic E-state index is -0.795. The maximum atomic E-state index is 12.0. The standard InChI is InChI=1S/C16H26N2O2/c1-12-8-6-7-9-14(12)13(2)17-15(19)10-18(5)11-16(3,4)20/h6-9,13,20H,10-11H2,1-5H3,(H,17,19). The summed E-state index contributed by atoms with van der Waals surface area (Å²) in [6.45, 7) is 8.22. The van der Waals surface area contributed by atoms with Gasteiger partial charge in [0.1, 0.15) is 0 Å². The summed E-state index contributed by atoms with van der Waals surface area (Å²) in [5.74, 6) is -0.0347. The van der Waals surface area contributed by atoms with Crippen molar-refractivity contribution in [1.82, 2.24) is 10.2 Å². The fourth-order valence-corrected chi connectivity index (χ4v) is 2.40. The number of hydrogen-bond donors (Lipinski definition) is 2. The van der Waals surface area contributed by atoms with Gasteiger partial charge in [0.05, 0.1) is 18.2 Å². The molecular weight excluding hydrogens is 252 g/mol. The molecule has 0 aliphatic carbocycles. The highest BCUT2D eigenvalue weighted by molar-refractivity contribution is 5.78. The minimum Gasteiger partial charge on any atom is -0.389 e. The van der Waals surface area contributed by atoms with Crippen LogP contribution in [0.2, 0.25) is 0 Å². The largest absolute Gasteiger partial charge is 0.389 e. The van der Waals surface area contributed by atoms with Crippen LogP contribution in [0.4, 0.5) is 0 Å². The highest BCUT2D eigenvalue weighted by Crippen LogP contribution is 2.16. The number of rotatable bonds is 6. The average Bonchev–Trinajstić information content (AvgIpc) is 2.25. The maximum Gasteiger partial charge on any atom is 0.234 e. The number of carbonyl (C=O) groups is 1. The predicted octanol–water partition coefficient (Wildman–Crippen LogP) is 1.87. The van der Waals surface area contributed by atoms with Crippen molar-refractivity contribution >= 4 is 5.91 Å². The molecule has 1 aromatic rings. The lowest BCUT2D eigenvalue weighted by molar-refractivity contribution is -0.123. The summed E-state index contributed by atoms with van der Waals surface area (Å²) < 4.78 is 0. The molecule has 0 spiro atoms. The second-order valence-corrected chi connectivity index (χ2v) is 6.13. The SMILES string of the molecule is Cc1ccccc1C(C)NC(=O)CN(C)CC(C)(C)O. The zero-order chi connectivity index (χ0) is 15.3. The Hall–Kier alpha value is -1.39. The van der Waals surface area contributed by atoms with Crippen LogP contribution in [-0.2, 0) is 4.79 Å². The summed E-state index contributed by atoms with van der Waals surface area (Å²) in [5, 5.41) is 12.7. The van der Waals surface area contributed by atoms with Gasteiger partial charge in [-0.2, -0.15) is 0 Å². The molecule has 0 fully saturated rings. The normalized spacial score (nSPS) is 13.3. The van der Waals surface area contributed by atoms with Gasteiger partial charge in [-0.25, -0.2) is 0 Å². The molecule has 1 aromatic carbocycles. The molecule has 0 aromatic heterocycles. The molecule has 0 bridgehead atoms. The van der Waals surface area contributed by atoms with Gasteiger partial charge < -0.3 is 10.4 Å². The highest BCUT2D eigenvalue weighted by atomic mass is 16.3. The number of aliphatic hydroxyl groups is 1. The number of benzene rings is 1. The van der Waals surface area contributed by atoms with E-state index in [1.54, 1.807) is 13.8 Å². The smallest absolute Gasteiger partial charge is 0.234 e. The lowest BCUT2D eigenvalue weighted by atomic mass is 10.0. The van der Waals surface area contributed by atoms with Crippen molar-refractivity contribution in [2.75, 3.05) is 20.1 Å². The summed E-state index contributed by atoms with van der Waals surface area (Å²) in [6.07, 6.45) is 0. The number of nitrogens with one attached hydrogen (secondary N) is 1. The molecule has 112 valence electrons. The topological polar surface area (TPSA) is 52.6 Å². The molecule has 0 saturated carbocycles. The summed E-state index contributed by atoms with van der Waals surface area (Å²) in [4.78, 5) is 13.8. The molecule has 0 saturated heterocycles. The minimum absolute atomic E-state index is 0.0146. The Morgan fingerprint density at radius 3 is 2.55 bits per heavy atom. The van der Waals surface area contributed by atoms with Crippen molar-refractivity contribution in [3.8, 4) is 0 Å². The molecular formula is C16H26N2O2. The summed E-state index contributed by atoms with van der Waals surface area (Å²) in [7, 11) is 1.83. The van der Waals surface area contributed by atoms with Gasteiger partial charge >= 0.3 is 0 Å². The van der Waals surface area contributed by atoms with E-state index in [0.717, 1.165) is 5.56 Å². The van der Waals surface area contributed by atoms with Gasteiger partial charge in [0, 0.05) is 6.54 Å². The van der Waals surface area contributed by atoms with Crippen LogP contribution in [0.5, 0.6) is 0 Å². The fraction of sp³-hybridized carbons (Fsp3) is 0.562. The van der Waals surface area contributed by atoms with Crippen LogP contribution in [0.3, 0.4) is 0 Å². The van der Waals surface area contributed by atoms with Gasteiger partial charge in [-0.05, 0) is 45.9 Å². The van der Waals surface area contributed by atoms with E-state index in [4.69, 9.17) is 0 Å². The molecule has 0 aliphatic rings. The molecule has 0 aliphatic heterocycles. The second-order valence-electron chi connectivity index (χ2n) is 6.13. The summed E-state index contributed by atoms with van der Waals surface area (Å²) in [5.41, 5.74) is 1.51. The average molecular weight is 278 g/mol. The molecule has 2 N–H and O–H groups in total. The Balaban J connectivity index is 2.52. The van der Waals surface area contributed by atoms with Crippen LogP contribution in [0, 0.1) is 6.92 Å². The molecule has 1 unspecified atom stereocenters. The van der Waals surface area contributed by atoms with E-state index in [9.17, 15) is 9.90 Å². The second kappa shape index (κ2) is 6.86. The fourth-order valence-electron chi connectivity index (χ4n) is 2.40. The van der Waals surface area contributed by atoms with Crippen LogP contribution in [0.25, 0.3) is 0 Å². The molecule has 1 rings (SSSR count). The molecule has 20 heavy (non-hydrogen) atoms.